The van der Waals surface area contributed by atoms with Gasteiger partial charge in [0.15, 0.2) is 0 Å². The summed E-state index contributed by atoms with van der Waals surface area (Å²) in [6, 6.07) is 72.4. The van der Waals surface area contributed by atoms with E-state index in [4.69, 9.17) is 0 Å². The van der Waals surface area contributed by atoms with Crippen LogP contribution in [0.15, 0.2) is 200 Å². The van der Waals surface area contributed by atoms with Crippen molar-refractivity contribution in [2.24, 2.45) is 0 Å². The molecule has 2 nitrogen and oxygen atoms in total. The van der Waals surface area contributed by atoms with Crippen molar-refractivity contribution < 1.29 is 0 Å². The lowest BCUT2D eigenvalue weighted by molar-refractivity contribution is 0.590. The molecule has 0 aliphatic carbocycles. The predicted molar refractivity (Wildman–Crippen MR) is 242 cm³/mol. The maximum Gasteiger partial charge on any atom is 0.0540 e. The van der Waals surface area contributed by atoms with Crippen molar-refractivity contribution in [3.8, 4) is 0 Å². The number of rotatable bonds is 8. The summed E-state index contributed by atoms with van der Waals surface area (Å²) in [5, 5.41) is 7.33. The normalized spacial score (nSPS) is 11.8. The molecule has 9 aromatic rings. The topological polar surface area (TPSA) is 6.48 Å². The van der Waals surface area contributed by atoms with Gasteiger partial charge in [-0.3, -0.25) is 0 Å². The average Bonchev–Trinajstić information content (AvgIpc) is 3.24. The molecule has 0 fully saturated rings. The van der Waals surface area contributed by atoms with Gasteiger partial charge in [-0.2, -0.15) is 0 Å². The van der Waals surface area contributed by atoms with E-state index in [1.165, 1.54) is 37.9 Å². The van der Waals surface area contributed by atoms with Crippen LogP contribution in [0, 0.1) is 0 Å². The molecule has 0 saturated carbocycles. The number of nitrogens with zero attached hydrogens (tertiary/aromatic N) is 2. The van der Waals surface area contributed by atoms with Gasteiger partial charge in [-0.15, -0.1) is 0 Å². The van der Waals surface area contributed by atoms with Gasteiger partial charge in [0.2, 0.25) is 0 Å². The molecular formula is C54H44N2. The molecule has 0 saturated heterocycles. The van der Waals surface area contributed by atoms with E-state index in [-0.39, 0.29) is 5.41 Å². The lowest BCUT2D eigenvalue weighted by Crippen LogP contribution is -2.13. The van der Waals surface area contributed by atoms with E-state index < -0.39 is 0 Å². The highest BCUT2D eigenvalue weighted by molar-refractivity contribution is 6.05. The standard InChI is InChI=1S/C54H44N2/c1-54(2,3)44-31-37-46(38-32-44)55(51-22-10-16-41-13-4-7-19-48(41)51)45-33-27-39(28-34-45)25-26-40-29-35-47(36-30-40)56(52-23-11-17-42-14-5-8-20-49(42)52)53-24-12-18-43-15-6-9-21-50(43)53/h4-38H,1-3H3. The van der Waals surface area contributed by atoms with Gasteiger partial charge >= 0.3 is 0 Å². The van der Waals surface area contributed by atoms with Crippen LogP contribution >= 0.6 is 0 Å². The van der Waals surface area contributed by atoms with E-state index in [1.807, 2.05) is 0 Å². The monoisotopic (exact) mass is 720 g/mol. The largest absolute Gasteiger partial charge is 0.310 e. The maximum atomic E-state index is 2.40. The Hall–Kier alpha value is -6.90. The number of hydrogen-bond donors (Lipinski definition) is 0. The van der Waals surface area contributed by atoms with E-state index in [0.29, 0.717) is 0 Å². The Balaban J connectivity index is 1.04. The highest BCUT2D eigenvalue weighted by Crippen LogP contribution is 2.43. The van der Waals surface area contributed by atoms with Crippen molar-refractivity contribution >= 4 is 78.6 Å². The van der Waals surface area contributed by atoms with Crippen LogP contribution in [-0.4, -0.2) is 0 Å². The summed E-state index contributed by atoms with van der Waals surface area (Å²) in [7, 11) is 0. The van der Waals surface area contributed by atoms with Crippen molar-refractivity contribution in [3.05, 3.63) is 217 Å². The lowest BCUT2D eigenvalue weighted by atomic mass is 9.87. The number of hydrogen-bond acceptors (Lipinski definition) is 2. The Morgan fingerprint density at radius 3 is 1.04 bits per heavy atom. The third-order valence-corrected chi connectivity index (χ3v) is 10.8. The Kier molecular flexibility index (Phi) is 9.17. The molecule has 0 aliphatic rings. The Bertz CT molecular complexity index is 2730. The Labute approximate surface area is 330 Å². The molecule has 0 heterocycles. The first-order valence-corrected chi connectivity index (χ1v) is 19.4. The highest BCUT2D eigenvalue weighted by Gasteiger charge is 2.19. The zero-order valence-electron chi connectivity index (χ0n) is 32.1. The molecule has 0 spiro atoms. The summed E-state index contributed by atoms with van der Waals surface area (Å²) >= 11 is 0. The molecule has 0 bridgehead atoms. The van der Waals surface area contributed by atoms with Crippen molar-refractivity contribution in [1.82, 2.24) is 0 Å². The summed E-state index contributed by atoms with van der Waals surface area (Å²) in [5.74, 6) is 0. The molecule has 9 aromatic carbocycles. The summed E-state index contributed by atoms with van der Waals surface area (Å²) in [4.78, 5) is 4.77. The smallest absolute Gasteiger partial charge is 0.0540 e. The van der Waals surface area contributed by atoms with Crippen molar-refractivity contribution in [1.29, 1.82) is 0 Å². The second-order valence-corrected chi connectivity index (χ2v) is 15.5. The van der Waals surface area contributed by atoms with Gasteiger partial charge in [0, 0.05) is 33.2 Å². The third kappa shape index (κ3) is 6.83. The van der Waals surface area contributed by atoms with Crippen LogP contribution in [0.3, 0.4) is 0 Å². The van der Waals surface area contributed by atoms with Crippen LogP contribution in [0.2, 0.25) is 0 Å². The van der Waals surface area contributed by atoms with Crippen LogP contribution in [0.25, 0.3) is 44.5 Å². The number of benzene rings is 9. The minimum absolute atomic E-state index is 0.0874. The molecule has 0 radical (unpaired) electrons. The molecule has 0 N–H and O–H groups in total. The summed E-state index contributed by atoms with van der Waals surface area (Å²) < 4.78 is 0. The van der Waals surface area contributed by atoms with Gasteiger partial charge in [0.1, 0.15) is 0 Å². The predicted octanol–water partition coefficient (Wildman–Crippen LogP) is 15.6. The van der Waals surface area contributed by atoms with Crippen LogP contribution in [0.1, 0.15) is 37.5 Å². The minimum Gasteiger partial charge on any atom is -0.310 e. The van der Waals surface area contributed by atoms with Crippen LogP contribution in [0.4, 0.5) is 34.1 Å². The van der Waals surface area contributed by atoms with Gasteiger partial charge in [-0.25, -0.2) is 0 Å². The first-order chi connectivity index (χ1) is 27.4. The molecule has 270 valence electrons. The van der Waals surface area contributed by atoms with E-state index >= 15 is 0 Å². The molecule has 0 aliphatic heterocycles. The lowest BCUT2D eigenvalue weighted by Gasteiger charge is -2.28. The van der Waals surface area contributed by atoms with Crippen LogP contribution in [-0.2, 0) is 5.41 Å². The summed E-state index contributed by atoms with van der Waals surface area (Å²) in [6.45, 7) is 6.79. The van der Waals surface area contributed by atoms with Crippen molar-refractivity contribution in [2.45, 2.75) is 26.2 Å². The number of anilines is 6. The van der Waals surface area contributed by atoms with Crippen LogP contribution in [0.5, 0.6) is 0 Å². The average molecular weight is 721 g/mol. The van der Waals surface area contributed by atoms with Gasteiger partial charge in [-0.05, 0) is 92.9 Å². The zero-order valence-corrected chi connectivity index (χ0v) is 32.1. The van der Waals surface area contributed by atoms with Crippen molar-refractivity contribution in [2.75, 3.05) is 9.80 Å². The first kappa shape index (κ1) is 34.8. The molecule has 9 rings (SSSR count). The molecule has 0 atom stereocenters. The van der Waals surface area contributed by atoms with Gasteiger partial charge in [-0.1, -0.05) is 179 Å². The fraction of sp³-hybridized carbons (Fsp3) is 0.0741. The molecule has 2 heteroatoms. The molecular weight excluding hydrogens is 677 g/mol. The Morgan fingerprint density at radius 2 is 0.643 bits per heavy atom. The van der Waals surface area contributed by atoms with Gasteiger partial charge in [0.05, 0.1) is 17.1 Å². The fourth-order valence-corrected chi connectivity index (χ4v) is 7.82. The zero-order chi connectivity index (χ0) is 38.1. The summed E-state index contributed by atoms with van der Waals surface area (Å²) in [5.41, 5.74) is 10.5. The van der Waals surface area contributed by atoms with E-state index in [2.05, 4.69) is 243 Å². The third-order valence-electron chi connectivity index (χ3n) is 10.8. The summed E-state index contributed by atoms with van der Waals surface area (Å²) in [6.07, 6.45) is 4.40. The maximum absolute atomic E-state index is 2.40. The van der Waals surface area contributed by atoms with Gasteiger partial charge < -0.3 is 9.80 Å². The highest BCUT2D eigenvalue weighted by atomic mass is 15.1. The Morgan fingerprint density at radius 1 is 0.321 bits per heavy atom. The van der Waals surface area contributed by atoms with E-state index in [1.54, 1.807) is 0 Å². The molecule has 0 amide bonds. The molecule has 0 aromatic heterocycles. The second-order valence-electron chi connectivity index (χ2n) is 15.5. The molecule has 56 heavy (non-hydrogen) atoms. The minimum atomic E-state index is 0.0874. The van der Waals surface area contributed by atoms with E-state index in [9.17, 15) is 0 Å². The van der Waals surface area contributed by atoms with Crippen LogP contribution < -0.4 is 9.80 Å². The first-order valence-electron chi connectivity index (χ1n) is 19.4. The van der Waals surface area contributed by atoms with Crippen molar-refractivity contribution in [3.63, 3.8) is 0 Å². The SMILES string of the molecule is CC(C)(C)c1ccc(N(c2ccc(C=Cc3ccc(N(c4cccc5ccccc45)c4cccc5ccccc45)cc3)cc2)c2cccc3ccccc23)cc1. The second kappa shape index (κ2) is 14.7. The fourth-order valence-electron chi connectivity index (χ4n) is 7.82. The quantitative estimate of drug-likeness (QED) is 0.144. The molecule has 0 unspecified atom stereocenters. The van der Waals surface area contributed by atoms with E-state index in [0.717, 1.165) is 45.3 Å². The number of fused-ring (bicyclic) bond motifs is 3. The van der Waals surface area contributed by atoms with Gasteiger partial charge in [0.25, 0.3) is 0 Å².